The average Bonchev–Trinajstić information content (AvgIpc) is 2.32. The summed E-state index contributed by atoms with van der Waals surface area (Å²) in [7, 11) is 0. The lowest BCUT2D eigenvalue weighted by Crippen LogP contribution is -2.26. The summed E-state index contributed by atoms with van der Waals surface area (Å²) < 4.78 is 4.80. The predicted molar refractivity (Wildman–Crippen MR) is 61.7 cm³/mol. The van der Waals surface area contributed by atoms with E-state index in [-0.39, 0.29) is 5.12 Å². The highest BCUT2D eigenvalue weighted by atomic mass is 32.2. The minimum absolute atomic E-state index is 0.109. The molecule has 4 nitrogen and oxygen atoms in total. The molecule has 0 unspecified atom stereocenters. The molecule has 0 N–H and O–H groups in total. The van der Waals surface area contributed by atoms with E-state index in [1.807, 2.05) is 24.3 Å². The Balaban J connectivity index is 2.26. The molecule has 17 heavy (non-hydrogen) atoms. The third-order valence-electron chi connectivity index (χ3n) is 2.29. The van der Waals surface area contributed by atoms with Crippen LogP contribution < -0.4 is 5.11 Å². The van der Waals surface area contributed by atoms with Crippen molar-refractivity contribution in [3.63, 3.8) is 0 Å². The molecule has 0 fully saturated rings. The van der Waals surface area contributed by atoms with Crippen molar-refractivity contribution in [2.45, 2.75) is 5.75 Å². The van der Waals surface area contributed by atoms with Gasteiger partial charge in [-0.25, -0.2) is 0 Å². The van der Waals surface area contributed by atoms with Gasteiger partial charge < -0.3 is 14.6 Å². The number of thioether (sulfide) groups is 1. The van der Waals surface area contributed by atoms with Crippen LogP contribution in [0.2, 0.25) is 0 Å². The summed E-state index contributed by atoms with van der Waals surface area (Å²) in [5.74, 6) is -0.682. The Labute approximate surface area is 102 Å². The number of fused-ring (bicyclic) bond motifs is 1. The fourth-order valence-corrected chi connectivity index (χ4v) is 2.40. The summed E-state index contributed by atoms with van der Waals surface area (Å²) >= 11 is 1.18. The van der Waals surface area contributed by atoms with Gasteiger partial charge >= 0.3 is 0 Å². The first-order valence-electron chi connectivity index (χ1n) is 4.95. The maximum absolute atomic E-state index is 11.7. The average molecular weight is 249 g/mol. The van der Waals surface area contributed by atoms with Crippen molar-refractivity contribution in [2.24, 2.45) is 0 Å². The normalized spacial score (nSPS) is 16.7. The maximum atomic E-state index is 11.7. The third-order valence-corrected chi connectivity index (χ3v) is 3.23. The molecular formula is C12H9O4S-. The van der Waals surface area contributed by atoms with E-state index in [4.69, 9.17) is 4.74 Å². The minimum atomic E-state index is -1.31. The van der Waals surface area contributed by atoms with Crippen LogP contribution in [0, 0.1) is 0 Å². The number of rotatable bonds is 3. The minimum Gasteiger partial charge on any atom is -0.546 e. The van der Waals surface area contributed by atoms with Crippen molar-refractivity contribution in [3.05, 3.63) is 41.7 Å². The first kappa shape index (κ1) is 11.7. The molecule has 0 saturated carbocycles. The molecule has 1 aromatic rings. The van der Waals surface area contributed by atoms with Crippen LogP contribution in [0.25, 0.3) is 5.57 Å². The first-order valence-corrected chi connectivity index (χ1v) is 5.94. The number of benzene rings is 1. The van der Waals surface area contributed by atoms with Gasteiger partial charge in [0.2, 0.25) is 5.12 Å². The maximum Gasteiger partial charge on any atom is 0.223 e. The van der Waals surface area contributed by atoms with Crippen molar-refractivity contribution < 1.29 is 19.4 Å². The predicted octanol–water partition coefficient (Wildman–Crippen LogP) is 0.567. The Hall–Kier alpha value is -1.75. The third kappa shape index (κ3) is 2.68. The van der Waals surface area contributed by atoms with E-state index < -0.39 is 12.6 Å². The highest BCUT2D eigenvalue weighted by molar-refractivity contribution is 8.14. The summed E-state index contributed by atoms with van der Waals surface area (Å²) in [6, 6.07) is 7.48. The summed E-state index contributed by atoms with van der Waals surface area (Å²) in [5.41, 5.74) is 2.24. The molecule has 1 heterocycles. The molecule has 0 radical (unpaired) electrons. The Kier molecular flexibility index (Phi) is 3.49. The topological polar surface area (TPSA) is 66.4 Å². The van der Waals surface area contributed by atoms with Gasteiger partial charge in [0.15, 0.2) is 0 Å². The van der Waals surface area contributed by atoms with Crippen LogP contribution in [-0.4, -0.2) is 17.7 Å². The monoisotopic (exact) mass is 249 g/mol. The van der Waals surface area contributed by atoms with E-state index in [9.17, 15) is 14.7 Å². The van der Waals surface area contributed by atoms with Crippen LogP contribution in [0.5, 0.6) is 0 Å². The fourth-order valence-electron chi connectivity index (χ4n) is 1.54. The molecule has 1 aromatic carbocycles. The van der Waals surface area contributed by atoms with Gasteiger partial charge in [0.25, 0.3) is 0 Å². The van der Waals surface area contributed by atoms with E-state index >= 15 is 0 Å². The number of hydrogen-bond acceptors (Lipinski definition) is 5. The van der Waals surface area contributed by atoms with Gasteiger partial charge in [0.1, 0.15) is 6.61 Å². The second-order valence-corrected chi connectivity index (χ2v) is 4.40. The Morgan fingerprint density at radius 2 is 2.24 bits per heavy atom. The molecule has 1 aliphatic rings. The molecule has 1 aliphatic heterocycles. The number of carbonyl (C=O) groups is 2. The molecule has 5 heteroatoms. The number of carboxylic acid groups (broad SMARTS) is 1. The van der Waals surface area contributed by atoms with E-state index in [0.717, 1.165) is 11.1 Å². The smallest absolute Gasteiger partial charge is 0.223 e. The molecule has 0 spiro atoms. The van der Waals surface area contributed by atoms with E-state index in [0.29, 0.717) is 11.3 Å². The zero-order valence-electron chi connectivity index (χ0n) is 8.84. The molecule has 0 amide bonds. The highest BCUT2D eigenvalue weighted by Gasteiger charge is 2.21. The van der Waals surface area contributed by atoms with Crippen molar-refractivity contribution in [1.82, 2.24) is 0 Å². The van der Waals surface area contributed by atoms with E-state index in [1.165, 1.54) is 18.0 Å². The van der Waals surface area contributed by atoms with Crippen molar-refractivity contribution in [1.29, 1.82) is 0 Å². The number of carboxylic acids is 1. The van der Waals surface area contributed by atoms with Crippen LogP contribution in [0.4, 0.5) is 0 Å². The molecule has 88 valence electrons. The van der Waals surface area contributed by atoms with Crippen LogP contribution in [0.1, 0.15) is 11.1 Å². The van der Waals surface area contributed by atoms with Crippen molar-refractivity contribution in [3.8, 4) is 0 Å². The van der Waals surface area contributed by atoms with Crippen molar-refractivity contribution >= 4 is 28.4 Å². The number of ether oxygens (including phenoxy) is 1. The molecule has 0 aromatic heterocycles. The largest absolute Gasteiger partial charge is 0.546 e. The molecule has 0 atom stereocenters. The first-order chi connectivity index (χ1) is 8.18. The Morgan fingerprint density at radius 1 is 1.47 bits per heavy atom. The SMILES string of the molecule is O=C([O-])CO/C=C1\C(=O)SCc2ccccc21. The van der Waals surface area contributed by atoms with E-state index in [1.54, 1.807) is 0 Å². The Morgan fingerprint density at radius 3 is 3.00 bits per heavy atom. The molecule has 0 aliphatic carbocycles. The Bertz CT molecular complexity index is 493. The van der Waals surface area contributed by atoms with Crippen LogP contribution in [0.15, 0.2) is 30.5 Å². The number of aliphatic carboxylic acids is 1. The standard InChI is InChI=1S/C12H10O4S/c13-11(14)6-16-5-10-9-4-2-1-3-8(9)7-17-12(10)15/h1-5H,6-7H2,(H,13,14)/p-1/b10-5-. The number of hydrogen-bond donors (Lipinski definition) is 0. The zero-order valence-corrected chi connectivity index (χ0v) is 9.66. The second kappa shape index (κ2) is 5.05. The summed E-state index contributed by atoms with van der Waals surface area (Å²) in [5, 5.41) is 10.1. The highest BCUT2D eigenvalue weighted by Crippen LogP contribution is 2.33. The van der Waals surface area contributed by atoms with Crippen LogP contribution in [0.3, 0.4) is 0 Å². The van der Waals surface area contributed by atoms with Gasteiger partial charge in [-0.1, -0.05) is 36.0 Å². The van der Waals surface area contributed by atoms with Gasteiger partial charge in [-0.3, -0.25) is 4.79 Å². The molecular weight excluding hydrogens is 240 g/mol. The van der Waals surface area contributed by atoms with Gasteiger partial charge in [0, 0.05) is 5.75 Å². The van der Waals surface area contributed by atoms with Crippen LogP contribution in [-0.2, 0) is 20.1 Å². The number of carbonyl (C=O) groups excluding carboxylic acids is 2. The lowest BCUT2D eigenvalue weighted by Gasteiger charge is -2.16. The van der Waals surface area contributed by atoms with E-state index in [2.05, 4.69) is 0 Å². The van der Waals surface area contributed by atoms with Gasteiger partial charge in [-0.15, -0.1) is 0 Å². The molecule has 2 rings (SSSR count). The van der Waals surface area contributed by atoms with Crippen molar-refractivity contribution in [2.75, 3.05) is 6.61 Å². The summed E-state index contributed by atoms with van der Waals surface area (Å²) in [6.45, 7) is -0.552. The molecule has 0 saturated heterocycles. The molecule has 0 bridgehead atoms. The van der Waals surface area contributed by atoms with Gasteiger partial charge in [0.05, 0.1) is 17.8 Å². The van der Waals surface area contributed by atoms with Crippen LogP contribution >= 0.6 is 11.8 Å². The second-order valence-electron chi connectivity index (χ2n) is 3.45. The zero-order chi connectivity index (χ0) is 12.3. The quantitative estimate of drug-likeness (QED) is 0.578. The van der Waals surface area contributed by atoms with Gasteiger partial charge in [-0.2, -0.15) is 0 Å². The van der Waals surface area contributed by atoms with Gasteiger partial charge in [-0.05, 0) is 11.1 Å². The fraction of sp³-hybridized carbons (Fsp3) is 0.167. The lowest BCUT2D eigenvalue weighted by atomic mass is 10.0. The summed E-state index contributed by atoms with van der Waals surface area (Å²) in [6.07, 6.45) is 1.20. The summed E-state index contributed by atoms with van der Waals surface area (Å²) in [4.78, 5) is 21.9. The lowest BCUT2D eigenvalue weighted by molar-refractivity contribution is -0.308.